The third kappa shape index (κ3) is 3.65. The van der Waals surface area contributed by atoms with Gasteiger partial charge in [0.2, 0.25) is 5.91 Å². The standard InChI is InChI=1S/C21H25N5O/c1-15-20(16(2)26(23-15)19-7-5-4-6-8-19)11-21(27)25(18-9-10-18)14-17-12-22-24(3)13-17/h4-8,12-13,18H,9-11,14H2,1-3H3. The molecule has 3 aromatic rings. The van der Waals surface area contributed by atoms with Crippen molar-refractivity contribution in [3.63, 3.8) is 0 Å². The molecule has 0 saturated heterocycles. The van der Waals surface area contributed by atoms with Crippen LogP contribution in [0.5, 0.6) is 0 Å². The van der Waals surface area contributed by atoms with Crippen LogP contribution in [-0.4, -0.2) is 36.4 Å². The van der Waals surface area contributed by atoms with E-state index in [9.17, 15) is 4.79 Å². The van der Waals surface area contributed by atoms with Gasteiger partial charge in [-0.25, -0.2) is 4.68 Å². The van der Waals surface area contributed by atoms with Gasteiger partial charge < -0.3 is 4.90 Å². The van der Waals surface area contributed by atoms with Crippen molar-refractivity contribution in [3.05, 3.63) is 65.2 Å². The van der Waals surface area contributed by atoms with Crippen molar-refractivity contribution < 1.29 is 4.79 Å². The Balaban J connectivity index is 1.55. The van der Waals surface area contributed by atoms with Crippen molar-refractivity contribution in [2.75, 3.05) is 0 Å². The first kappa shape index (κ1) is 17.5. The first-order valence-corrected chi connectivity index (χ1v) is 9.40. The molecule has 0 spiro atoms. The monoisotopic (exact) mass is 363 g/mol. The number of aromatic nitrogens is 4. The molecule has 0 radical (unpaired) electrons. The van der Waals surface area contributed by atoms with E-state index in [1.54, 1.807) is 4.68 Å². The van der Waals surface area contributed by atoms with Crippen LogP contribution in [0.2, 0.25) is 0 Å². The lowest BCUT2D eigenvalue weighted by atomic mass is 10.1. The number of nitrogens with zero attached hydrogens (tertiary/aromatic N) is 5. The maximum absolute atomic E-state index is 13.1. The molecule has 4 rings (SSSR count). The van der Waals surface area contributed by atoms with Gasteiger partial charge in [-0.1, -0.05) is 18.2 Å². The summed E-state index contributed by atoms with van der Waals surface area (Å²) in [6, 6.07) is 10.4. The summed E-state index contributed by atoms with van der Waals surface area (Å²) in [5.41, 5.74) is 5.07. The van der Waals surface area contributed by atoms with Crippen molar-refractivity contribution >= 4 is 5.91 Å². The van der Waals surface area contributed by atoms with Crippen LogP contribution in [-0.2, 0) is 24.8 Å². The highest BCUT2D eigenvalue weighted by atomic mass is 16.2. The van der Waals surface area contributed by atoms with Gasteiger partial charge in [0.1, 0.15) is 0 Å². The Morgan fingerprint density at radius 1 is 1.22 bits per heavy atom. The van der Waals surface area contributed by atoms with Gasteiger partial charge in [0.15, 0.2) is 0 Å². The van der Waals surface area contributed by atoms with Gasteiger partial charge in [0.05, 0.1) is 24.0 Å². The summed E-state index contributed by atoms with van der Waals surface area (Å²) in [6.07, 6.45) is 6.39. The number of para-hydroxylation sites is 1. The molecule has 2 aromatic heterocycles. The average molecular weight is 363 g/mol. The van der Waals surface area contributed by atoms with E-state index in [2.05, 4.69) is 10.2 Å². The fraction of sp³-hybridized carbons (Fsp3) is 0.381. The fourth-order valence-corrected chi connectivity index (χ4v) is 3.56. The maximum Gasteiger partial charge on any atom is 0.227 e. The molecule has 6 nitrogen and oxygen atoms in total. The minimum Gasteiger partial charge on any atom is -0.335 e. The van der Waals surface area contributed by atoms with Gasteiger partial charge in [0.25, 0.3) is 0 Å². The molecule has 1 fully saturated rings. The molecule has 6 heteroatoms. The largest absolute Gasteiger partial charge is 0.335 e. The van der Waals surface area contributed by atoms with Crippen LogP contribution in [0.25, 0.3) is 5.69 Å². The lowest BCUT2D eigenvalue weighted by molar-refractivity contribution is -0.131. The molecule has 140 valence electrons. The zero-order chi connectivity index (χ0) is 19.0. The second-order valence-corrected chi connectivity index (χ2v) is 7.35. The van der Waals surface area contributed by atoms with Crippen LogP contribution in [0.1, 0.15) is 35.4 Å². The summed E-state index contributed by atoms with van der Waals surface area (Å²) in [6.45, 7) is 4.65. The van der Waals surface area contributed by atoms with Gasteiger partial charge in [-0.15, -0.1) is 0 Å². The summed E-state index contributed by atoms with van der Waals surface area (Å²) in [7, 11) is 1.90. The Morgan fingerprint density at radius 3 is 2.59 bits per heavy atom. The number of aryl methyl sites for hydroxylation is 2. The Labute approximate surface area is 159 Å². The van der Waals surface area contributed by atoms with Crippen molar-refractivity contribution in [2.24, 2.45) is 7.05 Å². The summed E-state index contributed by atoms with van der Waals surface area (Å²) in [5, 5.41) is 8.90. The molecule has 1 saturated carbocycles. The van der Waals surface area contributed by atoms with Crippen LogP contribution in [0.15, 0.2) is 42.7 Å². The molecule has 0 unspecified atom stereocenters. The van der Waals surface area contributed by atoms with E-state index in [0.717, 1.165) is 41.0 Å². The molecular formula is C21H25N5O. The molecule has 0 bridgehead atoms. The third-order valence-electron chi connectivity index (χ3n) is 5.19. The van der Waals surface area contributed by atoms with Crippen LogP contribution in [0.3, 0.4) is 0 Å². The van der Waals surface area contributed by atoms with Crippen LogP contribution in [0, 0.1) is 13.8 Å². The van der Waals surface area contributed by atoms with E-state index in [-0.39, 0.29) is 5.91 Å². The van der Waals surface area contributed by atoms with Crippen molar-refractivity contribution in [1.29, 1.82) is 0 Å². The molecule has 1 aliphatic rings. The number of rotatable bonds is 6. The zero-order valence-electron chi connectivity index (χ0n) is 16.1. The highest BCUT2D eigenvalue weighted by molar-refractivity contribution is 5.80. The number of hydrogen-bond acceptors (Lipinski definition) is 3. The Hall–Kier alpha value is -2.89. The molecule has 2 heterocycles. The number of hydrogen-bond donors (Lipinski definition) is 0. The predicted octanol–water partition coefficient (Wildman–Crippen LogP) is 2.96. The lowest BCUT2D eigenvalue weighted by Gasteiger charge is -2.22. The maximum atomic E-state index is 13.1. The summed E-state index contributed by atoms with van der Waals surface area (Å²) in [5.74, 6) is 0.167. The van der Waals surface area contributed by atoms with E-state index in [4.69, 9.17) is 0 Å². The van der Waals surface area contributed by atoms with Gasteiger partial charge in [-0.2, -0.15) is 10.2 Å². The van der Waals surface area contributed by atoms with Gasteiger partial charge in [0, 0.05) is 42.7 Å². The Bertz CT molecular complexity index is 952. The second-order valence-electron chi connectivity index (χ2n) is 7.35. The SMILES string of the molecule is Cc1nn(-c2ccccc2)c(C)c1CC(=O)N(Cc1cnn(C)c1)C1CC1. The first-order valence-electron chi connectivity index (χ1n) is 9.40. The second kappa shape index (κ2) is 7.02. The van der Waals surface area contributed by atoms with E-state index in [0.29, 0.717) is 19.0 Å². The van der Waals surface area contributed by atoms with Crippen LogP contribution >= 0.6 is 0 Å². The zero-order valence-corrected chi connectivity index (χ0v) is 16.1. The molecule has 0 atom stereocenters. The Kier molecular flexibility index (Phi) is 4.56. The van der Waals surface area contributed by atoms with Crippen molar-refractivity contribution in [3.8, 4) is 5.69 Å². The minimum atomic E-state index is 0.167. The van der Waals surface area contributed by atoms with Crippen LogP contribution < -0.4 is 0 Å². The highest BCUT2D eigenvalue weighted by Crippen LogP contribution is 2.29. The summed E-state index contributed by atoms with van der Waals surface area (Å²) in [4.78, 5) is 15.1. The summed E-state index contributed by atoms with van der Waals surface area (Å²) < 4.78 is 3.71. The third-order valence-corrected chi connectivity index (χ3v) is 5.19. The molecule has 1 amide bonds. The van der Waals surface area contributed by atoms with E-state index < -0.39 is 0 Å². The van der Waals surface area contributed by atoms with Crippen LogP contribution in [0.4, 0.5) is 0 Å². The number of carbonyl (C=O) groups excluding carboxylic acids is 1. The van der Waals surface area contributed by atoms with Gasteiger partial charge in [-0.3, -0.25) is 9.48 Å². The topological polar surface area (TPSA) is 56.0 Å². The van der Waals surface area contributed by atoms with Gasteiger partial charge >= 0.3 is 0 Å². The molecule has 0 N–H and O–H groups in total. The molecule has 0 aliphatic heterocycles. The predicted molar refractivity (Wildman–Crippen MR) is 104 cm³/mol. The average Bonchev–Trinajstić information content (AvgIpc) is 3.37. The lowest BCUT2D eigenvalue weighted by Crippen LogP contribution is -2.34. The quantitative estimate of drug-likeness (QED) is 0.677. The molecule has 27 heavy (non-hydrogen) atoms. The Morgan fingerprint density at radius 2 is 1.96 bits per heavy atom. The van der Waals surface area contributed by atoms with Crippen molar-refractivity contribution in [2.45, 2.75) is 45.7 Å². The van der Waals surface area contributed by atoms with E-state index >= 15 is 0 Å². The summed E-state index contributed by atoms with van der Waals surface area (Å²) >= 11 is 0. The highest BCUT2D eigenvalue weighted by Gasteiger charge is 2.33. The minimum absolute atomic E-state index is 0.167. The molecule has 1 aliphatic carbocycles. The molecule has 1 aromatic carbocycles. The van der Waals surface area contributed by atoms with E-state index in [1.165, 1.54) is 0 Å². The fourth-order valence-electron chi connectivity index (χ4n) is 3.56. The first-order chi connectivity index (χ1) is 13.0. The number of benzene rings is 1. The number of amides is 1. The van der Waals surface area contributed by atoms with E-state index in [1.807, 2.05) is 73.2 Å². The normalized spacial score (nSPS) is 13.7. The van der Waals surface area contributed by atoms with Gasteiger partial charge in [-0.05, 0) is 38.8 Å². The number of carbonyl (C=O) groups is 1. The van der Waals surface area contributed by atoms with Crippen molar-refractivity contribution in [1.82, 2.24) is 24.5 Å². The smallest absolute Gasteiger partial charge is 0.227 e. The molecular weight excluding hydrogens is 338 g/mol.